The van der Waals surface area contributed by atoms with Crippen molar-refractivity contribution in [1.29, 1.82) is 0 Å². The van der Waals surface area contributed by atoms with Gasteiger partial charge in [-0.1, -0.05) is 30.3 Å². The Kier molecular flexibility index (Phi) is 3.98. The van der Waals surface area contributed by atoms with Gasteiger partial charge >= 0.3 is 5.97 Å². The number of methoxy groups -OCH3 is 1. The van der Waals surface area contributed by atoms with Gasteiger partial charge in [-0.15, -0.1) is 23.1 Å². The first-order chi connectivity index (χ1) is 10.2. The van der Waals surface area contributed by atoms with Crippen LogP contribution in [0, 0.1) is 0 Å². The quantitative estimate of drug-likeness (QED) is 0.815. The van der Waals surface area contributed by atoms with Crippen molar-refractivity contribution in [2.45, 2.75) is 11.4 Å². The van der Waals surface area contributed by atoms with E-state index in [1.807, 2.05) is 30.3 Å². The van der Waals surface area contributed by atoms with Gasteiger partial charge in [0.05, 0.1) is 19.4 Å². The SMILES string of the molecule is COC(=O)c1cc2c(s1)N(Cc1ccccc1)C(=O)CS2. The molecule has 2 aromatic rings. The lowest BCUT2D eigenvalue weighted by Crippen LogP contribution is -2.33. The molecule has 108 valence electrons. The van der Waals surface area contributed by atoms with E-state index in [0.717, 1.165) is 15.5 Å². The maximum absolute atomic E-state index is 12.2. The molecule has 1 aromatic carbocycles. The van der Waals surface area contributed by atoms with E-state index in [1.54, 1.807) is 11.0 Å². The van der Waals surface area contributed by atoms with Crippen LogP contribution >= 0.6 is 23.1 Å². The number of benzene rings is 1. The summed E-state index contributed by atoms with van der Waals surface area (Å²) in [5, 5.41) is 0.834. The Morgan fingerprint density at radius 1 is 1.33 bits per heavy atom. The smallest absolute Gasteiger partial charge is 0.348 e. The zero-order chi connectivity index (χ0) is 14.8. The van der Waals surface area contributed by atoms with E-state index in [9.17, 15) is 9.59 Å². The monoisotopic (exact) mass is 319 g/mol. The fourth-order valence-corrected chi connectivity index (χ4v) is 4.35. The minimum Gasteiger partial charge on any atom is -0.465 e. The molecule has 0 aliphatic carbocycles. The molecule has 0 bridgehead atoms. The summed E-state index contributed by atoms with van der Waals surface area (Å²) >= 11 is 2.78. The Hall–Kier alpha value is -1.79. The molecule has 3 rings (SSSR count). The number of nitrogens with zero attached hydrogens (tertiary/aromatic N) is 1. The number of hydrogen-bond acceptors (Lipinski definition) is 5. The zero-order valence-corrected chi connectivity index (χ0v) is 13.0. The fraction of sp³-hybridized carbons (Fsp3) is 0.200. The summed E-state index contributed by atoms with van der Waals surface area (Å²) in [5.74, 6) is 0.105. The molecule has 21 heavy (non-hydrogen) atoms. The number of rotatable bonds is 3. The lowest BCUT2D eigenvalue weighted by atomic mass is 10.2. The van der Waals surface area contributed by atoms with Crippen LogP contribution in [0.25, 0.3) is 0 Å². The topological polar surface area (TPSA) is 46.6 Å². The van der Waals surface area contributed by atoms with Gasteiger partial charge in [0.2, 0.25) is 5.91 Å². The molecule has 1 aliphatic rings. The average molecular weight is 319 g/mol. The Bertz CT molecular complexity index is 681. The van der Waals surface area contributed by atoms with E-state index in [2.05, 4.69) is 0 Å². The highest BCUT2D eigenvalue weighted by molar-refractivity contribution is 8.00. The fourth-order valence-electron chi connectivity index (χ4n) is 2.11. The third kappa shape index (κ3) is 2.82. The maximum atomic E-state index is 12.2. The van der Waals surface area contributed by atoms with E-state index in [4.69, 9.17) is 4.74 Å². The lowest BCUT2D eigenvalue weighted by Gasteiger charge is -2.26. The van der Waals surface area contributed by atoms with E-state index in [0.29, 0.717) is 17.2 Å². The Morgan fingerprint density at radius 2 is 2.10 bits per heavy atom. The predicted molar refractivity (Wildman–Crippen MR) is 84.0 cm³/mol. The van der Waals surface area contributed by atoms with Crippen molar-refractivity contribution in [1.82, 2.24) is 0 Å². The molecule has 2 heterocycles. The molecular weight excluding hydrogens is 306 g/mol. The summed E-state index contributed by atoms with van der Waals surface area (Å²) in [4.78, 5) is 27.1. The molecule has 0 atom stereocenters. The minimum atomic E-state index is -0.359. The third-order valence-corrected chi connectivity index (χ3v) is 5.43. The molecule has 0 fully saturated rings. The maximum Gasteiger partial charge on any atom is 0.348 e. The van der Waals surface area contributed by atoms with Crippen molar-refractivity contribution < 1.29 is 14.3 Å². The molecule has 0 unspecified atom stereocenters. The number of thioether (sulfide) groups is 1. The highest BCUT2D eigenvalue weighted by Gasteiger charge is 2.28. The van der Waals surface area contributed by atoms with Crippen molar-refractivity contribution in [3.8, 4) is 0 Å². The van der Waals surface area contributed by atoms with E-state index < -0.39 is 0 Å². The second-order valence-corrected chi connectivity index (χ2v) is 6.57. The number of anilines is 1. The summed E-state index contributed by atoms with van der Waals surface area (Å²) in [6.07, 6.45) is 0. The van der Waals surface area contributed by atoms with Gasteiger partial charge in [-0.05, 0) is 11.6 Å². The number of carbonyl (C=O) groups excluding carboxylic acids is 2. The summed E-state index contributed by atoms with van der Waals surface area (Å²) in [6, 6.07) is 11.6. The van der Waals surface area contributed by atoms with Gasteiger partial charge in [0, 0.05) is 4.90 Å². The first-order valence-electron chi connectivity index (χ1n) is 6.38. The van der Waals surface area contributed by atoms with Gasteiger partial charge in [-0.2, -0.15) is 0 Å². The van der Waals surface area contributed by atoms with Crippen molar-refractivity contribution in [3.05, 3.63) is 46.8 Å². The summed E-state index contributed by atoms with van der Waals surface area (Å²) in [5.41, 5.74) is 1.07. The van der Waals surface area contributed by atoms with E-state index in [1.165, 1.54) is 30.2 Å². The highest BCUT2D eigenvalue weighted by Crippen LogP contribution is 2.42. The molecule has 1 amide bonds. The Balaban J connectivity index is 1.93. The average Bonchev–Trinajstić information content (AvgIpc) is 2.95. The van der Waals surface area contributed by atoms with E-state index >= 15 is 0 Å². The number of carbonyl (C=O) groups is 2. The summed E-state index contributed by atoms with van der Waals surface area (Å²) in [6.45, 7) is 0.522. The molecule has 0 saturated heterocycles. The number of amides is 1. The van der Waals surface area contributed by atoms with E-state index in [-0.39, 0.29) is 11.9 Å². The van der Waals surface area contributed by atoms with Gasteiger partial charge in [-0.25, -0.2) is 4.79 Å². The first kappa shape index (κ1) is 14.2. The summed E-state index contributed by atoms with van der Waals surface area (Å²) < 4.78 is 4.75. The standard InChI is InChI=1S/C15H13NO3S2/c1-19-15(18)12-7-11-14(21-12)16(13(17)9-20-11)8-10-5-3-2-4-6-10/h2-7H,8-9H2,1H3. The molecule has 0 N–H and O–H groups in total. The molecule has 0 saturated carbocycles. The van der Waals surface area contributed by atoms with Crippen LogP contribution in [-0.2, 0) is 16.1 Å². The molecule has 0 radical (unpaired) electrons. The summed E-state index contributed by atoms with van der Waals surface area (Å²) in [7, 11) is 1.36. The second kappa shape index (κ2) is 5.91. The van der Waals surface area contributed by atoms with Crippen molar-refractivity contribution in [2.24, 2.45) is 0 Å². The molecule has 1 aliphatic heterocycles. The van der Waals surface area contributed by atoms with Crippen LogP contribution in [-0.4, -0.2) is 24.7 Å². The normalized spacial score (nSPS) is 14.0. The third-order valence-electron chi connectivity index (χ3n) is 3.15. The van der Waals surface area contributed by atoms with Gasteiger partial charge in [0.15, 0.2) is 0 Å². The zero-order valence-electron chi connectivity index (χ0n) is 11.4. The van der Waals surface area contributed by atoms with Crippen LogP contribution in [0.4, 0.5) is 5.00 Å². The van der Waals surface area contributed by atoms with Gasteiger partial charge in [-0.3, -0.25) is 9.69 Å². The molecule has 1 aromatic heterocycles. The second-order valence-electron chi connectivity index (χ2n) is 4.53. The predicted octanol–water partition coefficient (Wildman–Crippen LogP) is 3.17. The first-order valence-corrected chi connectivity index (χ1v) is 8.18. The number of thiophene rings is 1. The number of hydrogen-bond donors (Lipinski definition) is 0. The Labute approximate surface area is 130 Å². The molecule has 4 nitrogen and oxygen atoms in total. The van der Waals surface area contributed by atoms with Crippen LogP contribution < -0.4 is 4.90 Å². The highest BCUT2D eigenvalue weighted by atomic mass is 32.2. The van der Waals surface area contributed by atoms with Crippen LogP contribution in [0.3, 0.4) is 0 Å². The van der Waals surface area contributed by atoms with Crippen LogP contribution in [0.2, 0.25) is 0 Å². The van der Waals surface area contributed by atoms with Crippen LogP contribution in [0.5, 0.6) is 0 Å². The van der Waals surface area contributed by atoms with Crippen molar-refractivity contribution in [2.75, 3.05) is 17.8 Å². The minimum absolute atomic E-state index is 0.0645. The number of fused-ring (bicyclic) bond motifs is 1. The lowest BCUT2D eigenvalue weighted by molar-refractivity contribution is -0.116. The van der Waals surface area contributed by atoms with Crippen molar-refractivity contribution >= 4 is 40.0 Å². The molecular formula is C15H13NO3S2. The Morgan fingerprint density at radius 3 is 2.81 bits per heavy atom. The van der Waals surface area contributed by atoms with Crippen molar-refractivity contribution in [3.63, 3.8) is 0 Å². The van der Waals surface area contributed by atoms with Gasteiger partial charge in [0.25, 0.3) is 0 Å². The number of esters is 1. The van der Waals surface area contributed by atoms with Gasteiger partial charge in [0.1, 0.15) is 9.88 Å². The van der Waals surface area contributed by atoms with Crippen LogP contribution in [0.1, 0.15) is 15.2 Å². The van der Waals surface area contributed by atoms with Gasteiger partial charge < -0.3 is 4.74 Å². The number of ether oxygens (including phenoxy) is 1. The van der Waals surface area contributed by atoms with Crippen LogP contribution in [0.15, 0.2) is 41.3 Å². The largest absolute Gasteiger partial charge is 0.465 e. The molecule has 6 heteroatoms. The molecule has 0 spiro atoms.